The van der Waals surface area contributed by atoms with Crippen LogP contribution in [0.15, 0.2) is 24.3 Å². The molecular formula is C18H23N5O2S. The van der Waals surface area contributed by atoms with E-state index in [1.165, 1.54) is 11.3 Å². The van der Waals surface area contributed by atoms with E-state index in [9.17, 15) is 9.59 Å². The Labute approximate surface area is 157 Å². The van der Waals surface area contributed by atoms with Gasteiger partial charge in [0.1, 0.15) is 5.01 Å². The van der Waals surface area contributed by atoms with Crippen LogP contribution in [0.4, 0.5) is 15.6 Å². The summed E-state index contributed by atoms with van der Waals surface area (Å²) in [7, 11) is 0. The Morgan fingerprint density at radius 2 is 2.04 bits per heavy atom. The minimum atomic E-state index is -0.179. The highest BCUT2D eigenvalue weighted by molar-refractivity contribution is 7.15. The van der Waals surface area contributed by atoms with E-state index in [0.29, 0.717) is 31.2 Å². The van der Waals surface area contributed by atoms with Gasteiger partial charge in [0.05, 0.1) is 0 Å². The molecule has 1 saturated heterocycles. The van der Waals surface area contributed by atoms with E-state index < -0.39 is 0 Å². The molecule has 1 aliphatic rings. The number of aromatic nitrogens is 2. The second kappa shape index (κ2) is 7.82. The molecule has 8 heteroatoms. The summed E-state index contributed by atoms with van der Waals surface area (Å²) in [6, 6.07) is 7.69. The molecule has 0 saturated carbocycles. The molecule has 1 aromatic heterocycles. The second-order valence-corrected chi connectivity index (χ2v) is 7.25. The minimum Gasteiger partial charge on any atom is -0.325 e. The summed E-state index contributed by atoms with van der Waals surface area (Å²) < 4.78 is 0. The summed E-state index contributed by atoms with van der Waals surface area (Å²) in [6.07, 6.45) is 0.410. The van der Waals surface area contributed by atoms with E-state index in [2.05, 4.69) is 15.5 Å². The lowest BCUT2D eigenvalue weighted by Gasteiger charge is -2.18. The van der Waals surface area contributed by atoms with Crippen LogP contribution in [0.1, 0.15) is 36.8 Å². The van der Waals surface area contributed by atoms with Crippen LogP contribution in [0.25, 0.3) is 0 Å². The van der Waals surface area contributed by atoms with Crippen molar-refractivity contribution in [3.63, 3.8) is 0 Å². The molecule has 0 aliphatic carbocycles. The fourth-order valence-electron chi connectivity index (χ4n) is 3.10. The van der Waals surface area contributed by atoms with Crippen LogP contribution in [0.2, 0.25) is 0 Å². The zero-order valence-corrected chi connectivity index (χ0v) is 16.0. The van der Waals surface area contributed by atoms with E-state index in [1.54, 1.807) is 4.90 Å². The molecular weight excluding hydrogens is 350 g/mol. The van der Waals surface area contributed by atoms with Gasteiger partial charge in [-0.3, -0.25) is 10.1 Å². The summed E-state index contributed by atoms with van der Waals surface area (Å²) in [5, 5.41) is 12.3. The van der Waals surface area contributed by atoms with Gasteiger partial charge in [-0.1, -0.05) is 29.5 Å². The molecule has 1 N–H and O–H groups in total. The molecule has 1 aliphatic heterocycles. The van der Waals surface area contributed by atoms with E-state index in [1.807, 2.05) is 49.9 Å². The maximum Gasteiger partial charge on any atom is 0.323 e. The van der Waals surface area contributed by atoms with Gasteiger partial charge >= 0.3 is 6.03 Å². The molecule has 2 aromatic rings. The summed E-state index contributed by atoms with van der Waals surface area (Å²) in [5.74, 6) is 0.0898. The highest BCUT2D eigenvalue weighted by Gasteiger charge is 2.34. The monoisotopic (exact) mass is 373 g/mol. The normalized spacial score (nSPS) is 16.8. The summed E-state index contributed by atoms with van der Waals surface area (Å²) in [5.41, 5.74) is 2.02. The van der Waals surface area contributed by atoms with Crippen molar-refractivity contribution < 1.29 is 9.59 Å². The van der Waals surface area contributed by atoms with Crippen LogP contribution in [-0.4, -0.2) is 46.7 Å². The number of aryl methyl sites for hydroxylation is 1. The first kappa shape index (κ1) is 18.3. The first-order valence-corrected chi connectivity index (χ1v) is 9.60. The van der Waals surface area contributed by atoms with Crippen molar-refractivity contribution in [3.8, 4) is 0 Å². The van der Waals surface area contributed by atoms with Gasteiger partial charge < -0.3 is 9.80 Å². The molecule has 0 spiro atoms. The van der Waals surface area contributed by atoms with E-state index in [-0.39, 0.29) is 17.9 Å². The number of nitrogens with zero attached hydrogens (tertiary/aromatic N) is 4. The maximum absolute atomic E-state index is 12.5. The molecule has 0 bridgehead atoms. The number of amides is 3. The first-order valence-electron chi connectivity index (χ1n) is 8.78. The molecule has 7 nitrogen and oxygen atoms in total. The van der Waals surface area contributed by atoms with Crippen LogP contribution < -0.4 is 10.2 Å². The number of hydrogen-bond acceptors (Lipinski definition) is 5. The molecule has 26 heavy (non-hydrogen) atoms. The van der Waals surface area contributed by atoms with Crippen molar-refractivity contribution in [2.45, 2.75) is 33.1 Å². The molecule has 138 valence electrons. The average Bonchev–Trinajstić information content (AvgIpc) is 3.23. The van der Waals surface area contributed by atoms with Crippen LogP contribution in [-0.2, 0) is 4.79 Å². The third kappa shape index (κ3) is 3.70. The summed E-state index contributed by atoms with van der Waals surface area (Å²) >= 11 is 1.34. The van der Waals surface area contributed by atoms with E-state index in [0.717, 1.165) is 16.3 Å². The Kier molecular flexibility index (Phi) is 5.51. The van der Waals surface area contributed by atoms with E-state index in [4.69, 9.17) is 0 Å². The number of anilines is 2. The third-order valence-electron chi connectivity index (χ3n) is 4.59. The number of carbonyl (C=O) groups is 2. The minimum absolute atomic E-state index is 0.00119. The summed E-state index contributed by atoms with van der Waals surface area (Å²) in [6.45, 7) is 7.72. The maximum atomic E-state index is 12.5. The second-order valence-electron chi connectivity index (χ2n) is 6.24. The zero-order chi connectivity index (χ0) is 18.7. The third-order valence-corrected chi connectivity index (χ3v) is 5.59. The Hall–Kier alpha value is -2.48. The van der Waals surface area contributed by atoms with Crippen molar-refractivity contribution in [3.05, 3.63) is 34.8 Å². The van der Waals surface area contributed by atoms with Crippen molar-refractivity contribution in [1.82, 2.24) is 15.1 Å². The Morgan fingerprint density at radius 1 is 1.31 bits per heavy atom. The Balaban J connectivity index is 1.70. The van der Waals surface area contributed by atoms with Gasteiger partial charge in [-0.15, -0.1) is 10.2 Å². The quantitative estimate of drug-likeness (QED) is 0.873. The SMILES string of the molecule is CCN(CC)C(=O)Nc1nnc(C2CC(=O)N(c3ccccc3C)C2)s1. The first-order chi connectivity index (χ1) is 12.5. The lowest BCUT2D eigenvalue weighted by atomic mass is 10.1. The van der Waals surface area contributed by atoms with Gasteiger partial charge in [0.2, 0.25) is 11.0 Å². The van der Waals surface area contributed by atoms with Crippen molar-refractivity contribution >= 4 is 34.1 Å². The van der Waals surface area contributed by atoms with E-state index >= 15 is 0 Å². The number of benzene rings is 1. The van der Waals surface area contributed by atoms with Gasteiger partial charge in [0.15, 0.2) is 0 Å². The zero-order valence-electron chi connectivity index (χ0n) is 15.2. The standard InChI is InChI=1S/C18H23N5O2S/c1-4-22(5-2)18(25)19-17-21-20-16(26-17)13-10-15(24)23(11-13)14-9-7-6-8-12(14)3/h6-9,13H,4-5,10-11H2,1-3H3,(H,19,21,25). The average molecular weight is 373 g/mol. The molecule has 3 rings (SSSR count). The van der Waals surface area contributed by atoms with Gasteiger partial charge in [-0.05, 0) is 32.4 Å². The lowest BCUT2D eigenvalue weighted by Crippen LogP contribution is -2.34. The van der Waals surface area contributed by atoms with Crippen molar-refractivity contribution in [2.75, 3.05) is 29.9 Å². The van der Waals surface area contributed by atoms with Gasteiger partial charge in [-0.25, -0.2) is 4.79 Å². The predicted octanol–water partition coefficient (Wildman–Crippen LogP) is 3.24. The highest BCUT2D eigenvalue weighted by Crippen LogP contribution is 2.35. The number of nitrogens with one attached hydrogen (secondary N) is 1. The highest BCUT2D eigenvalue weighted by atomic mass is 32.1. The molecule has 1 atom stereocenters. The Bertz CT molecular complexity index is 802. The number of rotatable bonds is 5. The molecule has 1 fully saturated rings. The summed E-state index contributed by atoms with van der Waals surface area (Å²) in [4.78, 5) is 28.1. The lowest BCUT2D eigenvalue weighted by molar-refractivity contribution is -0.117. The Morgan fingerprint density at radius 3 is 2.73 bits per heavy atom. The molecule has 1 unspecified atom stereocenters. The topological polar surface area (TPSA) is 78.4 Å². The molecule has 3 amide bonds. The molecule has 0 radical (unpaired) electrons. The number of para-hydroxylation sites is 1. The number of carbonyl (C=O) groups excluding carboxylic acids is 2. The van der Waals surface area contributed by atoms with Crippen LogP contribution in [0, 0.1) is 6.92 Å². The predicted molar refractivity (Wildman–Crippen MR) is 103 cm³/mol. The molecule has 2 heterocycles. The number of urea groups is 1. The van der Waals surface area contributed by atoms with Crippen molar-refractivity contribution in [2.24, 2.45) is 0 Å². The van der Waals surface area contributed by atoms with Gasteiger partial charge in [0.25, 0.3) is 0 Å². The van der Waals surface area contributed by atoms with Gasteiger partial charge in [-0.2, -0.15) is 0 Å². The fourth-order valence-corrected chi connectivity index (χ4v) is 3.93. The smallest absolute Gasteiger partial charge is 0.323 e. The van der Waals surface area contributed by atoms with Crippen LogP contribution in [0.5, 0.6) is 0 Å². The fraction of sp³-hybridized carbons (Fsp3) is 0.444. The number of hydrogen-bond donors (Lipinski definition) is 1. The van der Waals surface area contributed by atoms with Crippen LogP contribution in [0.3, 0.4) is 0 Å². The van der Waals surface area contributed by atoms with Gasteiger partial charge in [0, 0.05) is 37.7 Å². The largest absolute Gasteiger partial charge is 0.325 e. The molecule has 1 aromatic carbocycles. The van der Waals surface area contributed by atoms with Crippen LogP contribution >= 0.6 is 11.3 Å². The van der Waals surface area contributed by atoms with Crippen molar-refractivity contribution in [1.29, 1.82) is 0 Å².